The lowest BCUT2D eigenvalue weighted by molar-refractivity contribution is -0.138. The largest absolute Gasteiger partial charge is 0.493 e. The van der Waals surface area contributed by atoms with Crippen LogP contribution in [0, 0.1) is 11.8 Å². The van der Waals surface area contributed by atoms with Gasteiger partial charge in [0.1, 0.15) is 0 Å². The van der Waals surface area contributed by atoms with Gasteiger partial charge in [0.25, 0.3) is 0 Å². The monoisotopic (exact) mass is 295 g/mol. The lowest BCUT2D eigenvalue weighted by Crippen LogP contribution is -2.21. The summed E-state index contributed by atoms with van der Waals surface area (Å²) < 4.78 is 10.9. The SMILES string of the molecule is COc1ccccc1OCC[C@@H](C)C[C@H](CN)CC(=O)O. The first-order valence-corrected chi connectivity index (χ1v) is 7.24. The van der Waals surface area contributed by atoms with Crippen LogP contribution in [0.4, 0.5) is 0 Å². The van der Waals surface area contributed by atoms with Crippen molar-refractivity contribution in [1.29, 1.82) is 0 Å². The topological polar surface area (TPSA) is 81.8 Å². The van der Waals surface area contributed by atoms with Crippen molar-refractivity contribution < 1.29 is 19.4 Å². The second-order valence-electron chi connectivity index (χ2n) is 5.33. The van der Waals surface area contributed by atoms with Gasteiger partial charge < -0.3 is 20.3 Å². The summed E-state index contributed by atoms with van der Waals surface area (Å²) >= 11 is 0. The molecule has 0 aliphatic heterocycles. The van der Waals surface area contributed by atoms with Crippen LogP contribution in [-0.2, 0) is 4.79 Å². The van der Waals surface area contributed by atoms with Gasteiger partial charge in [-0.05, 0) is 43.4 Å². The van der Waals surface area contributed by atoms with Gasteiger partial charge in [0.05, 0.1) is 13.7 Å². The number of hydrogen-bond donors (Lipinski definition) is 2. The summed E-state index contributed by atoms with van der Waals surface area (Å²) in [4.78, 5) is 10.7. The first-order valence-electron chi connectivity index (χ1n) is 7.24. The van der Waals surface area contributed by atoms with Crippen molar-refractivity contribution in [2.75, 3.05) is 20.3 Å². The number of rotatable bonds is 10. The summed E-state index contributed by atoms with van der Waals surface area (Å²) in [6, 6.07) is 7.53. The number of ether oxygens (including phenoxy) is 2. The highest BCUT2D eigenvalue weighted by atomic mass is 16.5. The molecular weight excluding hydrogens is 270 g/mol. The summed E-state index contributed by atoms with van der Waals surface area (Å²) in [5.74, 6) is 1.06. The highest BCUT2D eigenvalue weighted by molar-refractivity contribution is 5.67. The molecule has 0 bridgehead atoms. The third kappa shape index (κ3) is 6.49. The Bertz CT molecular complexity index is 436. The Labute approximate surface area is 126 Å². The van der Waals surface area contributed by atoms with E-state index in [9.17, 15) is 4.79 Å². The van der Waals surface area contributed by atoms with Crippen LogP contribution in [0.2, 0.25) is 0 Å². The Morgan fingerprint density at radius 2 is 2.00 bits per heavy atom. The summed E-state index contributed by atoms with van der Waals surface area (Å²) in [5.41, 5.74) is 5.62. The average Bonchev–Trinajstić information content (AvgIpc) is 2.46. The van der Waals surface area contributed by atoms with E-state index in [2.05, 4.69) is 6.92 Å². The molecule has 5 heteroatoms. The Morgan fingerprint density at radius 3 is 2.57 bits per heavy atom. The first-order chi connectivity index (χ1) is 10.1. The molecule has 0 amide bonds. The third-order valence-corrected chi connectivity index (χ3v) is 3.47. The Balaban J connectivity index is 2.35. The van der Waals surface area contributed by atoms with Crippen LogP contribution < -0.4 is 15.2 Å². The van der Waals surface area contributed by atoms with Gasteiger partial charge in [0.15, 0.2) is 11.5 Å². The minimum Gasteiger partial charge on any atom is -0.493 e. The van der Waals surface area contributed by atoms with Gasteiger partial charge >= 0.3 is 5.97 Å². The maximum Gasteiger partial charge on any atom is 0.303 e. The molecule has 0 fully saturated rings. The predicted octanol–water partition coefficient (Wildman–Crippen LogP) is 2.54. The number of carboxylic acid groups (broad SMARTS) is 1. The van der Waals surface area contributed by atoms with E-state index in [4.69, 9.17) is 20.3 Å². The predicted molar refractivity (Wildman–Crippen MR) is 81.7 cm³/mol. The van der Waals surface area contributed by atoms with Crippen LogP contribution in [0.15, 0.2) is 24.3 Å². The molecule has 0 unspecified atom stereocenters. The van der Waals surface area contributed by atoms with E-state index < -0.39 is 5.97 Å². The van der Waals surface area contributed by atoms with Crippen LogP contribution in [0.5, 0.6) is 11.5 Å². The fourth-order valence-electron chi connectivity index (χ4n) is 2.30. The second-order valence-corrected chi connectivity index (χ2v) is 5.33. The van der Waals surface area contributed by atoms with E-state index in [-0.39, 0.29) is 12.3 Å². The van der Waals surface area contributed by atoms with Crippen molar-refractivity contribution >= 4 is 5.97 Å². The van der Waals surface area contributed by atoms with Gasteiger partial charge in [-0.3, -0.25) is 4.79 Å². The minimum absolute atomic E-state index is 0.0313. The van der Waals surface area contributed by atoms with Crippen LogP contribution in [0.1, 0.15) is 26.2 Å². The van der Waals surface area contributed by atoms with Gasteiger partial charge in [0.2, 0.25) is 0 Å². The van der Waals surface area contributed by atoms with E-state index in [1.165, 1.54) is 0 Å². The number of carboxylic acids is 1. The molecule has 5 nitrogen and oxygen atoms in total. The van der Waals surface area contributed by atoms with Crippen molar-refractivity contribution in [1.82, 2.24) is 0 Å². The molecule has 118 valence electrons. The summed E-state index contributed by atoms with van der Waals surface area (Å²) in [7, 11) is 1.61. The zero-order valence-corrected chi connectivity index (χ0v) is 12.7. The Hall–Kier alpha value is -1.75. The van der Waals surface area contributed by atoms with E-state index in [1.807, 2.05) is 24.3 Å². The molecule has 3 N–H and O–H groups in total. The van der Waals surface area contributed by atoms with Gasteiger partial charge in [-0.1, -0.05) is 19.1 Å². The zero-order chi connectivity index (χ0) is 15.7. The molecule has 21 heavy (non-hydrogen) atoms. The Kier molecular flexibility index (Phi) is 7.61. The quantitative estimate of drug-likeness (QED) is 0.693. The fraction of sp³-hybridized carbons (Fsp3) is 0.562. The van der Waals surface area contributed by atoms with Gasteiger partial charge in [-0.15, -0.1) is 0 Å². The molecule has 2 atom stereocenters. The zero-order valence-electron chi connectivity index (χ0n) is 12.7. The number of hydrogen-bond acceptors (Lipinski definition) is 4. The summed E-state index contributed by atoms with van der Waals surface area (Å²) in [5, 5.41) is 8.82. The van der Waals surface area contributed by atoms with Crippen molar-refractivity contribution in [3.05, 3.63) is 24.3 Å². The van der Waals surface area contributed by atoms with Crippen molar-refractivity contribution in [3.63, 3.8) is 0 Å². The normalized spacial score (nSPS) is 13.5. The lowest BCUT2D eigenvalue weighted by atomic mass is 9.91. The minimum atomic E-state index is -0.789. The first kappa shape index (κ1) is 17.3. The van der Waals surface area contributed by atoms with E-state index >= 15 is 0 Å². The van der Waals surface area contributed by atoms with Crippen molar-refractivity contribution in [3.8, 4) is 11.5 Å². The summed E-state index contributed by atoms with van der Waals surface area (Å²) in [6.45, 7) is 3.08. The van der Waals surface area contributed by atoms with Crippen molar-refractivity contribution in [2.45, 2.75) is 26.2 Å². The maximum absolute atomic E-state index is 10.7. The highest BCUT2D eigenvalue weighted by Crippen LogP contribution is 2.26. The number of aliphatic carboxylic acids is 1. The van der Waals surface area contributed by atoms with Crippen LogP contribution in [0.25, 0.3) is 0 Å². The molecule has 0 radical (unpaired) electrons. The average molecular weight is 295 g/mol. The molecular formula is C16H25NO4. The second kappa shape index (κ2) is 9.23. The number of carbonyl (C=O) groups is 1. The summed E-state index contributed by atoms with van der Waals surface area (Å²) in [6.07, 6.45) is 1.79. The van der Waals surface area contributed by atoms with Gasteiger partial charge in [0, 0.05) is 6.42 Å². The molecule has 1 aromatic rings. The number of benzene rings is 1. The van der Waals surface area contributed by atoms with Crippen molar-refractivity contribution in [2.24, 2.45) is 17.6 Å². The van der Waals surface area contributed by atoms with E-state index in [0.717, 1.165) is 24.3 Å². The molecule has 0 heterocycles. The molecule has 1 rings (SSSR count). The molecule has 0 saturated heterocycles. The van der Waals surface area contributed by atoms with Gasteiger partial charge in [-0.25, -0.2) is 0 Å². The van der Waals surface area contributed by atoms with Crippen LogP contribution in [-0.4, -0.2) is 31.3 Å². The van der Waals surface area contributed by atoms with Crippen LogP contribution >= 0.6 is 0 Å². The maximum atomic E-state index is 10.7. The molecule has 0 spiro atoms. The smallest absolute Gasteiger partial charge is 0.303 e. The van der Waals surface area contributed by atoms with Crippen LogP contribution in [0.3, 0.4) is 0 Å². The molecule has 0 saturated carbocycles. The number of methoxy groups -OCH3 is 1. The fourth-order valence-corrected chi connectivity index (χ4v) is 2.30. The molecule has 0 aromatic heterocycles. The van der Waals surface area contributed by atoms with E-state index in [1.54, 1.807) is 7.11 Å². The third-order valence-electron chi connectivity index (χ3n) is 3.47. The van der Waals surface area contributed by atoms with E-state index in [0.29, 0.717) is 19.1 Å². The highest BCUT2D eigenvalue weighted by Gasteiger charge is 2.15. The standard InChI is InChI=1S/C16H25NO4/c1-12(9-13(11-17)10-16(18)19)7-8-21-15-6-4-3-5-14(15)20-2/h3-6,12-13H,7-11,17H2,1-2H3,(H,18,19)/t12-,13+/m1/s1. The number of para-hydroxylation sites is 2. The molecule has 1 aromatic carbocycles. The molecule has 0 aliphatic carbocycles. The lowest BCUT2D eigenvalue weighted by Gasteiger charge is -2.18. The Morgan fingerprint density at radius 1 is 1.33 bits per heavy atom. The number of nitrogens with two attached hydrogens (primary N) is 1. The molecule has 0 aliphatic rings. The van der Waals surface area contributed by atoms with Gasteiger partial charge in [-0.2, -0.15) is 0 Å².